The predicted molar refractivity (Wildman–Crippen MR) is 108 cm³/mol. The molecule has 2 aromatic rings. The Bertz CT molecular complexity index is 668. The molecule has 0 bridgehead atoms. The summed E-state index contributed by atoms with van der Waals surface area (Å²) in [4.78, 5) is 4.56. The van der Waals surface area contributed by atoms with Gasteiger partial charge in [-0.15, -0.1) is 34.2 Å². The summed E-state index contributed by atoms with van der Waals surface area (Å²) in [6, 6.07) is 6.39. The van der Waals surface area contributed by atoms with Crippen molar-refractivity contribution in [2.45, 2.75) is 39.8 Å². The van der Waals surface area contributed by atoms with E-state index in [1.165, 1.54) is 12.1 Å². The molecule has 1 aromatic heterocycles. The Morgan fingerprint density at radius 2 is 1.92 bits per heavy atom. The molecule has 0 aliphatic carbocycles. The monoisotopic (exact) mass is 460 g/mol. The normalized spacial score (nSPS) is 11.1. The fraction of sp³-hybridized carbons (Fsp3) is 0.471. The van der Waals surface area contributed by atoms with Crippen molar-refractivity contribution in [2.24, 2.45) is 12.0 Å². The first-order valence-corrected chi connectivity index (χ1v) is 8.21. The number of unbranched alkanes of at least 4 members (excludes halogenated alkanes) is 1. The van der Waals surface area contributed by atoms with Crippen LogP contribution in [0, 0.1) is 12.7 Å². The molecule has 0 radical (unpaired) electrons. The number of rotatable bonds is 7. The Morgan fingerprint density at radius 1 is 1.20 bits per heavy atom. The first-order valence-electron chi connectivity index (χ1n) is 8.21. The Kier molecular flexibility index (Phi) is 9.40. The van der Waals surface area contributed by atoms with Crippen molar-refractivity contribution in [3.63, 3.8) is 0 Å². The molecule has 138 valence electrons. The van der Waals surface area contributed by atoms with Crippen LogP contribution in [0.25, 0.3) is 0 Å². The minimum absolute atomic E-state index is 0. The van der Waals surface area contributed by atoms with Crippen LogP contribution in [-0.2, 0) is 20.1 Å². The smallest absolute Gasteiger partial charge is 0.191 e. The van der Waals surface area contributed by atoms with Crippen LogP contribution in [0.3, 0.4) is 0 Å². The van der Waals surface area contributed by atoms with Gasteiger partial charge >= 0.3 is 0 Å². The van der Waals surface area contributed by atoms with Gasteiger partial charge in [-0.2, -0.15) is 0 Å². The van der Waals surface area contributed by atoms with Gasteiger partial charge in [-0.25, -0.2) is 9.38 Å². The number of aliphatic imine (C=N–C) groups is 1. The third kappa shape index (κ3) is 6.97. The summed E-state index contributed by atoms with van der Waals surface area (Å²) in [5, 5.41) is 14.8. The van der Waals surface area contributed by atoms with Crippen molar-refractivity contribution in [2.75, 3.05) is 6.54 Å². The van der Waals surface area contributed by atoms with Crippen molar-refractivity contribution >= 4 is 29.9 Å². The molecule has 8 heteroatoms. The van der Waals surface area contributed by atoms with E-state index in [0.717, 1.165) is 36.6 Å². The largest absolute Gasteiger partial charge is 0.356 e. The van der Waals surface area contributed by atoms with Crippen LogP contribution >= 0.6 is 24.0 Å². The lowest BCUT2D eigenvalue weighted by atomic mass is 10.2. The molecule has 0 atom stereocenters. The van der Waals surface area contributed by atoms with Crippen LogP contribution in [0.2, 0.25) is 0 Å². The van der Waals surface area contributed by atoms with Gasteiger partial charge in [0.25, 0.3) is 0 Å². The SMILES string of the molecule is CCCCNC(=NCc1ccc(F)cc1)NCc1nnc(C)n1C.I. The maximum absolute atomic E-state index is 13.0. The number of hydrogen-bond acceptors (Lipinski definition) is 3. The van der Waals surface area contributed by atoms with Crippen molar-refractivity contribution < 1.29 is 4.39 Å². The second-order valence-electron chi connectivity index (χ2n) is 5.65. The molecule has 6 nitrogen and oxygen atoms in total. The van der Waals surface area contributed by atoms with Crippen molar-refractivity contribution in [3.8, 4) is 0 Å². The van der Waals surface area contributed by atoms with Crippen LogP contribution in [-0.4, -0.2) is 27.3 Å². The topological polar surface area (TPSA) is 67.1 Å². The minimum Gasteiger partial charge on any atom is -0.356 e. The predicted octanol–water partition coefficient (Wildman–Crippen LogP) is 2.92. The molecule has 0 amide bonds. The Morgan fingerprint density at radius 3 is 2.52 bits per heavy atom. The molecule has 0 fully saturated rings. The van der Waals surface area contributed by atoms with Crippen LogP contribution in [0.5, 0.6) is 0 Å². The highest BCUT2D eigenvalue weighted by molar-refractivity contribution is 14.0. The van der Waals surface area contributed by atoms with E-state index in [4.69, 9.17) is 0 Å². The molecule has 0 aliphatic rings. The summed E-state index contributed by atoms with van der Waals surface area (Å²) in [5.74, 6) is 2.20. The van der Waals surface area contributed by atoms with Gasteiger partial charge in [0.15, 0.2) is 11.8 Å². The Balaban J connectivity index is 0.00000312. The van der Waals surface area contributed by atoms with E-state index < -0.39 is 0 Å². The first kappa shape index (κ1) is 21.3. The summed E-state index contributed by atoms with van der Waals surface area (Å²) in [6.45, 7) is 5.94. The molecule has 0 unspecified atom stereocenters. The number of guanidine groups is 1. The van der Waals surface area contributed by atoms with E-state index in [9.17, 15) is 4.39 Å². The molecule has 0 saturated carbocycles. The average Bonchev–Trinajstić information content (AvgIpc) is 2.90. The van der Waals surface area contributed by atoms with Gasteiger partial charge in [-0.1, -0.05) is 25.5 Å². The summed E-state index contributed by atoms with van der Waals surface area (Å²) >= 11 is 0. The number of halogens is 2. The number of nitrogens with one attached hydrogen (secondary N) is 2. The van der Waals surface area contributed by atoms with E-state index >= 15 is 0 Å². The fourth-order valence-corrected chi connectivity index (χ4v) is 2.09. The molecular weight excluding hydrogens is 434 g/mol. The lowest BCUT2D eigenvalue weighted by molar-refractivity contribution is 0.627. The van der Waals surface area contributed by atoms with Crippen molar-refractivity contribution in [1.82, 2.24) is 25.4 Å². The van der Waals surface area contributed by atoms with E-state index in [0.29, 0.717) is 19.0 Å². The van der Waals surface area contributed by atoms with E-state index in [2.05, 4.69) is 32.7 Å². The summed E-state index contributed by atoms with van der Waals surface area (Å²) in [5.41, 5.74) is 0.961. The maximum Gasteiger partial charge on any atom is 0.191 e. The van der Waals surface area contributed by atoms with Crippen LogP contribution in [0.15, 0.2) is 29.3 Å². The zero-order valence-electron chi connectivity index (χ0n) is 14.9. The minimum atomic E-state index is -0.236. The van der Waals surface area contributed by atoms with Crippen LogP contribution in [0.1, 0.15) is 37.0 Å². The van der Waals surface area contributed by atoms with Gasteiger partial charge in [0, 0.05) is 13.6 Å². The first-order chi connectivity index (χ1) is 11.6. The van der Waals surface area contributed by atoms with E-state index in [-0.39, 0.29) is 29.8 Å². The highest BCUT2D eigenvalue weighted by Crippen LogP contribution is 2.04. The number of aromatic nitrogens is 3. The van der Waals surface area contributed by atoms with Crippen LogP contribution in [0.4, 0.5) is 4.39 Å². The summed E-state index contributed by atoms with van der Waals surface area (Å²) in [6.07, 6.45) is 2.18. The molecule has 2 rings (SSSR count). The van der Waals surface area contributed by atoms with Crippen LogP contribution < -0.4 is 10.6 Å². The quantitative estimate of drug-likeness (QED) is 0.289. The lowest BCUT2D eigenvalue weighted by Gasteiger charge is -2.12. The van der Waals surface area contributed by atoms with E-state index in [1.54, 1.807) is 12.1 Å². The number of benzene rings is 1. The molecule has 1 aromatic carbocycles. The van der Waals surface area contributed by atoms with Gasteiger partial charge < -0.3 is 15.2 Å². The second kappa shape index (κ2) is 11.0. The van der Waals surface area contributed by atoms with Gasteiger partial charge in [-0.05, 0) is 31.0 Å². The zero-order valence-corrected chi connectivity index (χ0v) is 17.3. The van der Waals surface area contributed by atoms with E-state index in [1.807, 2.05) is 18.5 Å². The average molecular weight is 460 g/mol. The zero-order chi connectivity index (χ0) is 17.4. The third-order valence-electron chi connectivity index (χ3n) is 3.75. The maximum atomic E-state index is 13.0. The number of hydrogen-bond donors (Lipinski definition) is 2. The van der Waals surface area contributed by atoms with Gasteiger partial charge in [0.05, 0.1) is 13.1 Å². The summed E-state index contributed by atoms with van der Waals surface area (Å²) < 4.78 is 14.9. The number of aryl methyl sites for hydroxylation is 1. The van der Waals surface area contributed by atoms with Crippen molar-refractivity contribution in [1.29, 1.82) is 0 Å². The molecule has 0 saturated heterocycles. The number of nitrogens with zero attached hydrogens (tertiary/aromatic N) is 4. The molecule has 0 aliphatic heterocycles. The standard InChI is InChI=1S/C17H25FN6.HI/c1-4-5-10-19-17(20-11-14-6-8-15(18)9-7-14)21-12-16-23-22-13(2)24(16)3;/h6-9H,4-5,10-12H2,1-3H3,(H2,19,20,21);1H. The highest BCUT2D eigenvalue weighted by atomic mass is 127. The molecular formula is C17H26FIN6. The molecule has 25 heavy (non-hydrogen) atoms. The highest BCUT2D eigenvalue weighted by Gasteiger charge is 2.06. The Labute approximate surface area is 165 Å². The van der Waals surface area contributed by atoms with Gasteiger partial charge in [0.1, 0.15) is 11.6 Å². The fourth-order valence-electron chi connectivity index (χ4n) is 2.09. The second-order valence-corrected chi connectivity index (χ2v) is 5.65. The van der Waals surface area contributed by atoms with Gasteiger partial charge in [0.2, 0.25) is 0 Å². The van der Waals surface area contributed by atoms with Gasteiger partial charge in [-0.3, -0.25) is 0 Å². The lowest BCUT2D eigenvalue weighted by Crippen LogP contribution is -2.38. The molecule has 2 N–H and O–H groups in total. The van der Waals surface area contributed by atoms with Crippen molar-refractivity contribution in [3.05, 3.63) is 47.3 Å². The molecule has 0 spiro atoms. The molecule has 1 heterocycles. The third-order valence-corrected chi connectivity index (χ3v) is 3.75. The summed E-state index contributed by atoms with van der Waals surface area (Å²) in [7, 11) is 1.94. The Hall–Kier alpha value is -1.71.